The third-order valence-electron chi connectivity index (χ3n) is 17.5. The Hall–Kier alpha value is -4.79. The van der Waals surface area contributed by atoms with Gasteiger partial charge in [-0.1, -0.05) is 78.0 Å². The van der Waals surface area contributed by atoms with Crippen LogP contribution in [0.3, 0.4) is 0 Å². The average molecular weight is 1280 g/mol. The fourth-order valence-electron chi connectivity index (χ4n) is 11.9. The quantitative estimate of drug-likeness (QED) is 0.0276. The number of hydrogen-bond acceptors (Lipinski definition) is 20. The van der Waals surface area contributed by atoms with Gasteiger partial charge in [-0.15, -0.1) is 0 Å². The number of nitrogens with one attached hydrogen (secondary N) is 2. The standard InChI is InChI=1S/C67H109N3O20/c1-11-28-83-30-25-68-59(72)24-29-84-32-34-86-36-37-87-35-33-85-31-26-69-66(79)89-55-23-21-51(41-58(55)82-10)40-47(5)57-43-54(71)46(4)39-49(7)61(74)62(75)60(73)48(6)38-44(2)17-13-12-14-18-45(3)56(81-9)42-52-22-20-50(8)67(80,90-52)63(76)64(77)70-27-16-15-19-53(70)65(78)88-57/h12-14,17-18,39,44,46-48,50-53,55-58,61-62,74-75,80H,11,15-16,19-38,40-43H2,1-10H3,(H,68,72)(H,69,79)/b14-12+,17-13+,45-18+,49-39+/t44-,46-,47-,48-,50-,51+,52+,53+,55-,56+,57+,58-,61-,62+,67-/m1/s1. The van der Waals surface area contributed by atoms with E-state index < -0.39 is 108 Å². The van der Waals surface area contributed by atoms with E-state index in [4.69, 9.17) is 47.4 Å². The normalized spacial score (nSPS) is 32.3. The molecule has 0 spiro atoms. The van der Waals surface area contributed by atoms with Gasteiger partial charge in [-0.3, -0.25) is 24.0 Å². The Labute approximate surface area is 534 Å². The first-order valence-corrected chi connectivity index (χ1v) is 32.8. The van der Waals surface area contributed by atoms with Crippen LogP contribution in [0.25, 0.3) is 0 Å². The van der Waals surface area contributed by atoms with Gasteiger partial charge in [-0.25, -0.2) is 9.59 Å². The number of piperidine rings is 1. The summed E-state index contributed by atoms with van der Waals surface area (Å²) in [5, 5.41) is 40.0. The summed E-state index contributed by atoms with van der Waals surface area (Å²) in [5.41, 5.74) is 1.06. The van der Waals surface area contributed by atoms with Gasteiger partial charge in [0.1, 0.15) is 36.2 Å². The number of amides is 3. The van der Waals surface area contributed by atoms with Crippen LogP contribution in [0.2, 0.25) is 0 Å². The molecule has 0 aromatic carbocycles. The van der Waals surface area contributed by atoms with Gasteiger partial charge in [0.15, 0.2) is 5.78 Å². The number of alkyl carbamates (subject to hydrolysis) is 1. The summed E-state index contributed by atoms with van der Waals surface area (Å²) in [4.78, 5) is 97.2. The number of allylic oxidation sites excluding steroid dienone is 6. The summed E-state index contributed by atoms with van der Waals surface area (Å²) >= 11 is 0. The Morgan fingerprint density at radius 2 is 1.39 bits per heavy atom. The molecule has 0 aromatic heterocycles. The summed E-state index contributed by atoms with van der Waals surface area (Å²) in [6.45, 7) is 18.7. The number of aliphatic hydroxyl groups excluding tert-OH is 2. The lowest BCUT2D eigenvalue weighted by Crippen LogP contribution is -2.61. The molecule has 23 heteroatoms. The minimum atomic E-state index is -2.48. The van der Waals surface area contributed by atoms with Crippen LogP contribution in [0, 0.1) is 35.5 Å². The number of carbonyl (C=O) groups excluding carboxylic acids is 7. The van der Waals surface area contributed by atoms with Crippen molar-refractivity contribution in [3.05, 3.63) is 47.6 Å². The van der Waals surface area contributed by atoms with Crippen molar-refractivity contribution in [1.82, 2.24) is 15.5 Å². The second-order valence-corrected chi connectivity index (χ2v) is 24.8. The highest BCUT2D eigenvalue weighted by atomic mass is 16.6. The molecule has 5 N–H and O–H groups in total. The predicted molar refractivity (Wildman–Crippen MR) is 335 cm³/mol. The smallest absolute Gasteiger partial charge is 0.407 e. The molecule has 1 saturated carbocycles. The van der Waals surface area contributed by atoms with Crippen LogP contribution in [0.1, 0.15) is 145 Å². The molecule has 3 aliphatic heterocycles. The minimum Gasteiger partial charge on any atom is -0.460 e. The second kappa shape index (κ2) is 41.7. The molecule has 2 saturated heterocycles. The number of cyclic esters (lactones) is 1. The molecule has 2 bridgehead atoms. The third-order valence-corrected chi connectivity index (χ3v) is 17.5. The van der Waals surface area contributed by atoms with Gasteiger partial charge in [0.2, 0.25) is 11.7 Å². The number of fused-ring (bicyclic) bond motifs is 3. The van der Waals surface area contributed by atoms with E-state index in [9.17, 15) is 48.9 Å². The maximum atomic E-state index is 14.6. The third kappa shape index (κ3) is 26.3. The van der Waals surface area contributed by atoms with Crippen LogP contribution < -0.4 is 10.6 Å². The van der Waals surface area contributed by atoms with Crippen LogP contribution in [0.5, 0.6) is 0 Å². The topological polar surface area (TPSA) is 300 Å². The van der Waals surface area contributed by atoms with E-state index >= 15 is 0 Å². The summed E-state index contributed by atoms with van der Waals surface area (Å²) in [7, 11) is 3.10. The van der Waals surface area contributed by atoms with Crippen LogP contribution >= 0.6 is 0 Å². The molecular formula is C67H109N3O20. The molecule has 3 heterocycles. The molecule has 4 aliphatic rings. The van der Waals surface area contributed by atoms with Gasteiger partial charge in [0.25, 0.3) is 11.7 Å². The Bertz CT molecular complexity index is 2350. The molecule has 512 valence electrons. The molecule has 1 aliphatic carbocycles. The van der Waals surface area contributed by atoms with E-state index in [1.807, 2.05) is 58.1 Å². The monoisotopic (exact) mass is 1280 g/mol. The van der Waals surface area contributed by atoms with E-state index in [2.05, 4.69) is 10.6 Å². The highest BCUT2D eigenvalue weighted by Gasteiger charge is 2.53. The molecule has 4 rings (SSSR count). The van der Waals surface area contributed by atoms with E-state index in [1.165, 1.54) is 13.0 Å². The number of esters is 1. The largest absolute Gasteiger partial charge is 0.460 e. The lowest BCUT2D eigenvalue weighted by atomic mass is 9.78. The molecule has 0 unspecified atom stereocenters. The number of ether oxygens (including phenoxy) is 10. The van der Waals surface area contributed by atoms with E-state index in [0.717, 1.165) is 16.9 Å². The molecular weight excluding hydrogens is 1170 g/mol. The highest BCUT2D eigenvalue weighted by molar-refractivity contribution is 6.39. The average Bonchev–Trinajstić information content (AvgIpc) is 1.18. The van der Waals surface area contributed by atoms with E-state index in [1.54, 1.807) is 35.0 Å². The van der Waals surface area contributed by atoms with Gasteiger partial charge in [-0.05, 0) is 113 Å². The van der Waals surface area contributed by atoms with Gasteiger partial charge < -0.3 is 78.2 Å². The Morgan fingerprint density at radius 3 is 2.06 bits per heavy atom. The molecule has 3 fully saturated rings. The van der Waals surface area contributed by atoms with Crippen molar-refractivity contribution >= 4 is 41.2 Å². The maximum absolute atomic E-state index is 14.6. The lowest BCUT2D eigenvalue weighted by Gasteiger charge is -2.42. The van der Waals surface area contributed by atoms with Crippen molar-refractivity contribution in [3.63, 3.8) is 0 Å². The first-order valence-electron chi connectivity index (χ1n) is 32.8. The zero-order valence-electron chi connectivity index (χ0n) is 55.4. The second-order valence-electron chi connectivity index (χ2n) is 24.8. The number of aliphatic hydroxyl groups is 3. The van der Waals surface area contributed by atoms with Crippen molar-refractivity contribution in [2.75, 3.05) is 99.9 Å². The first-order chi connectivity index (χ1) is 43.0. The van der Waals surface area contributed by atoms with Gasteiger partial charge in [0, 0.05) is 77.5 Å². The van der Waals surface area contributed by atoms with Crippen molar-refractivity contribution in [2.45, 2.75) is 200 Å². The number of nitrogens with zero attached hydrogens (tertiary/aromatic N) is 1. The van der Waals surface area contributed by atoms with Crippen LogP contribution in [0.4, 0.5) is 4.79 Å². The van der Waals surface area contributed by atoms with Crippen LogP contribution in [-0.2, 0) is 76.1 Å². The minimum absolute atomic E-state index is 0.0248. The molecule has 23 nitrogen and oxygen atoms in total. The Kier molecular flexibility index (Phi) is 36.0. The van der Waals surface area contributed by atoms with E-state index in [0.29, 0.717) is 124 Å². The van der Waals surface area contributed by atoms with Crippen LogP contribution in [0.15, 0.2) is 47.6 Å². The fourth-order valence-corrected chi connectivity index (χ4v) is 11.9. The first kappa shape index (κ1) is 77.7. The number of ketones is 3. The van der Waals surface area contributed by atoms with Gasteiger partial charge >= 0.3 is 12.1 Å². The fraction of sp³-hybridized carbons (Fsp3) is 0.776. The van der Waals surface area contributed by atoms with Gasteiger partial charge in [-0.2, -0.15) is 0 Å². The van der Waals surface area contributed by atoms with Crippen molar-refractivity contribution in [1.29, 1.82) is 0 Å². The zero-order valence-corrected chi connectivity index (χ0v) is 55.4. The van der Waals surface area contributed by atoms with Crippen molar-refractivity contribution in [3.8, 4) is 0 Å². The van der Waals surface area contributed by atoms with Crippen LogP contribution in [-0.4, -0.2) is 216 Å². The Balaban J connectivity index is 1.38. The highest BCUT2D eigenvalue weighted by Crippen LogP contribution is 2.38. The molecule has 90 heavy (non-hydrogen) atoms. The Morgan fingerprint density at radius 1 is 0.733 bits per heavy atom. The number of methoxy groups -OCH3 is 2. The number of rotatable bonds is 26. The zero-order chi connectivity index (χ0) is 66.2. The number of carbonyl (C=O) groups is 7. The van der Waals surface area contributed by atoms with Crippen molar-refractivity contribution in [2.24, 2.45) is 35.5 Å². The summed E-state index contributed by atoms with van der Waals surface area (Å²) in [6.07, 6.45) is 9.35. The predicted octanol–water partition coefficient (Wildman–Crippen LogP) is 6.26. The lowest BCUT2D eigenvalue weighted by molar-refractivity contribution is -0.265. The summed E-state index contributed by atoms with van der Waals surface area (Å²) in [6, 6.07) is -1.21. The van der Waals surface area contributed by atoms with Gasteiger partial charge in [0.05, 0.1) is 77.8 Å². The van der Waals surface area contributed by atoms with Crippen molar-refractivity contribution < 1.29 is 96.2 Å². The molecule has 0 radical (unpaired) electrons. The molecule has 15 atom stereocenters. The SMILES string of the molecule is CCCOCCNC(=O)CCOCCOCCOCCOCCNC(=O)O[C@@H]1CC[C@@H](C[C@@H](C)[C@@H]2CC(=O)[C@H](C)/C=C(\C)[C@@H](O)[C@@H](O)C(=O)[C@H](C)C[C@H](C)/C=C/C=C/C=C(\C)[C@@H](OC)C[C@@H]3CC[C@@H](C)[C@@](O)(O3)C(=O)C(=O)N3CCCC[C@H]3C(=O)O2)C[C@H]1OC. The van der Waals surface area contributed by atoms with E-state index in [-0.39, 0.29) is 74.5 Å². The number of Topliss-reactive ketones (excluding diaryl/α,β-unsaturated/α-hetero) is 3. The maximum Gasteiger partial charge on any atom is 0.407 e. The molecule has 0 aromatic rings. The number of hydrogen-bond donors (Lipinski definition) is 5. The summed E-state index contributed by atoms with van der Waals surface area (Å²) < 4.78 is 57.5. The molecule has 3 amide bonds. The summed E-state index contributed by atoms with van der Waals surface area (Å²) in [5.74, 6) is -9.29.